The fourth-order valence-electron chi connectivity index (χ4n) is 1.88. The van der Waals surface area contributed by atoms with Crippen molar-refractivity contribution in [3.05, 3.63) is 59.1 Å². The molecule has 0 bridgehead atoms. The number of nitrogens with two attached hydrogens (primary N) is 1. The molecule has 104 valence electrons. The minimum absolute atomic E-state index is 0.0930. The Morgan fingerprint density at radius 3 is 2.40 bits per heavy atom. The van der Waals surface area contributed by atoms with Crippen LogP contribution >= 0.6 is 11.6 Å². The molecule has 0 saturated heterocycles. The Bertz CT molecular complexity index is 624. The number of rotatable bonds is 3. The summed E-state index contributed by atoms with van der Waals surface area (Å²) >= 11 is 5.95. The summed E-state index contributed by atoms with van der Waals surface area (Å²) in [5.41, 5.74) is 7.11. The summed E-state index contributed by atoms with van der Waals surface area (Å²) in [4.78, 5) is 12.4. The number of halogens is 1. The normalized spacial score (nSPS) is 11.2. The Morgan fingerprint density at radius 2 is 1.80 bits per heavy atom. The fourth-order valence-corrected chi connectivity index (χ4v) is 2.06. The fraction of sp³-hybridized carbons (Fsp3) is 0.188. The third kappa shape index (κ3) is 2.94. The van der Waals surface area contributed by atoms with E-state index in [4.69, 9.17) is 17.3 Å². The maximum absolute atomic E-state index is 12.4. The molecule has 3 N–H and O–H groups in total. The van der Waals surface area contributed by atoms with Gasteiger partial charge < -0.3 is 11.1 Å². The van der Waals surface area contributed by atoms with Gasteiger partial charge in [-0.05, 0) is 37.6 Å². The second-order valence-corrected chi connectivity index (χ2v) is 5.59. The van der Waals surface area contributed by atoms with Crippen molar-refractivity contribution in [2.24, 2.45) is 0 Å². The van der Waals surface area contributed by atoms with Gasteiger partial charge in [0.1, 0.15) is 0 Å². The first-order chi connectivity index (χ1) is 9.41. The zero-order valence-corrected chi connectivity index (χ0v) is 12.2. The van der Waals surface area contributed by atoms with Gasteiger partial charge in [0, 0.05) is 5.69 Å². The van der Waals surface area contributed by atoms with E-state index in [2.05, 4.69) is 5.32 Å². The van der Waals surface area contributed by atoms with Crippen LogP contribution < -0.4 is 11.1 Å². The first-order valence-corrected chi connectivity index (χ1v) is 6.71. The van der Waals surface area contributed by atoms with Crippen molar-refractivity contribution < 1.29 is 4.79 Å². The van der Waals surface area contributed by atoms with Gasteiger partial charge >= 0.3 is 0 Å². The van der Waals surface area contributed by atoms with Crippen molar-refractivity contribution in [2.45, 2.75) is 19.3 Å². The van der Waals surface area contributed by atoms with Crippen molar-refractivity contribution in [3.8, 4) is 0 Å². The predicted molar refractivity (Wildman–Crippen MR) is 84.0 cm³/mol. The molecule has 0 aromatic heterocycles. The van der Waals surface area contributed by atoms with Crippen LogP contribution in [0.1, 0.15) is 19.4 Å². The van der Waals surface area contributed by atoms with E-state index in [1.165, 1.54) is 0 Å². The quantitative estimate of drug-likeness (QED) is 0.843. The number of nitrogen functional groups attached to an aromatic ring is 1. The standard InChI is InChI=1S/C16H17ClN2O/c1-16(2,11-6-4-3-5-7-11)15(20)19-12-8-9-14(18)13(17)10-12/h3-10H,18H2,1-2H3,(H,19,20). The van der Waals surface area contributed by atoms with Crippen molar-refractivity contribution in [1.29, 1.82) is 0 Å². The molecule has 20 heavy (non-hydrogen) atoms. The Balaban J connectivity index is 2.21. The highest BCUT2D eigenvalue weighted by atomic mass is 35.5. The van der Waals surface area contributed by atoms with E-state index in [9.17, 15) is 4.79 Å². The third-order valence-corrected chi connectivity index (χ3v) is 3.65. The number of amides is 1. The highest BCUT2D eigenvalue weighted by Gasteiger charge is 2.29. The van der Waals surface area contributed by atoms with Crippen LogP contribution in [0, 0.1) is 0 Å². The Labute approximate surface area is 123 Å². The largest absolute Gasteiger partial charge is 0.398 e. The summed E-state index contributed by atoms with van der Waals surface area (Å²) in [5, 5.41) is 3.30. The van der Waals surface area contributed by atoms with E-state index in [-0.39, 0.29) is 5.91 Å². The van der Waals surface area contributed by atoms with E-state index >= 15 is 0 Å². The minimum atomic E-state index is -0.630. The molecule has 0 aliphatic heterocycles. The Morgan fingerprint density at radius 1 is 1.15 bits per heavy atom. The van der Waals surface area contributed by atoms with E-state index in [0.717, 1.165) is 5.56 Å². The van der Waals surface area contributed by atoms with Gasteiger partial charge in [0.15, 0.2) is 0 Å². The average molecular weight is 289 g/mol. The number of hydrogen-bond acceptors (Lipinski definition) is 2. The summed E-state index contributed by atoms with van der Waals surface area (Å²) < 4.78 is 0. The number of anilines is 2. The first-order valence-electron chi connectivity index (χ1n) is 6.33. The van der Waals surface area contributed by atoms with Gasteiger partial charge in [0.05, 0.1) is 16.1 Å². The SMILES string of the molecule is CC(C)(C(=O)Nc1ccc(N)c(Cl)c1)c1ccccc1. The van der Waals surface area contributed by atoms with Crippen LogP contribution in [-0.4, -0.2) is 5.91 Å². The second-order valence-electron chi connectivity index (χ2n) is 5.18. The lowest BCUT2D eigenvalue weighted by Crippen LogP contribution is -2.34. The van der Waals surface area contributed by atoms with E-state index in [0.29, 0.717) is 16.4 Å². The second kappa shape index (κ2) is 5.55. The summed E-state index contributed by atoms with van der Waals surface area (Å²) in [6.07, 6.45) is 0. The highest BCUT2D eigenvalue weighted by Crippen LogP contribution is 2.27. The van der Waals surface area contributed by atoms with Crippen molar-refractivity contribution in [3.63, 3.8) is 0 Å². The molecule has 0 fully saturated rings. The summed E-state index contributed by atoms with van der Waals surface area (Å²) in [7, 11) is 0. The molecule has 2 aromatic carbocycles. The topological polar surface area (TPSA) is 55.1 Å². The van der Waals surface area contributed by atoms with Gasteiger partial charge in [-0.25, -0.2) is 0 Å². The molecular formula is C16H17ClN2O. The van der Waals surface area contributed by atoms with Crippen LogP contribution in [0.5, 0.6) is 0 Å². The number of carbonyl (C=O) groups is 1. The minimum Gasteiger partial charge on any atom is -0.398 e. The summed E-state index contributed by atoms with van der Waals surface area (Å²) in [6, 6.07) is 14.7. The predicted octanol–water partition coefficient (Wildman–Crippen LogP) is 3.84. The van der Waals surface area contributed by atoms with Gasteiger partial charge in [-0.1, -0.05) is 41.9 Å². The Kier molecular flexibility index (Phi) is 4.00. The van der Waals surface area contributed by atoms with Gasteiger partial charge in [-0.15, -0.1) is 0 Å². The van der Waals surface area contributed by atoms with Crippen LogP contribution in [0.25, 0.3) is 0 Å². The zero-order chi connectivity index (χ0) is 14.8. The Hall–Kier alpha value is -2.00. The molecule has 3 nitrogen and oxygen atoms in total. The van der Waals surface area contributed by atoms with Gasteiger partial charge in [0.2, 0.25) is 5.91 Å². The van der Waals surface area contributed by atoms with Crippen LogP contribution in [0.2, 0.25) is 5.02 Å². The highest BCUT2D eigenvalue weighted by molar-refractivity contribution is 6.33. The number of carbonyl (C=O) groups excluding carboxylic acids is 1. The van der Waals surface area contributed by atoms with Crippen molar-refractivity contribution >= 4 is 28.9 Å². The molecule has 0 aliphatic rings. The lowest BCUT2D eigenvalue weighted by Gasteiger charge is -2.24. The lowest BCUT2D eigenvalue weighted by molar-refractivity contribution is -0.120. The molecule has 0 heterocycles. The molecule has 0 atom stereocenters. The first kappa shape index (κ1) is 14.4. The molecule has 0 spiro atoms. The third-order valence-electron chi connectivity index (χ3n) is 3.32. The number of hydrogen-bond donors (Lipinski definition) is 2. The molecule has 0 unspecified atom stereocenters. The molecule has 0 radical (unpaired) electrons. The summed E-state index contributed by atoms with van der Waals surface area (Å²) in [6.45, 7) is 3.77. The summed E-state index contributed by atoms with van der Waals surface area (Å²) in [5.74, 6) is -0.0930. The maximum Gasteiger partial charge on any atom is 0.234 e. The maximum atomic E-state index is 12.4. The van der Waals surface area contributed by atoms with Crippen LogP contribution in [-0.2, 0) is 10.2 Å². The van der Waals surface area contributed by atoms with Crippen LogP contribution in [0.3, 0.4) is 0 Å². The smallest absolute Gasteiger partial charge is 0.234 e. The lowest BCUT2D eigenvalue weighted by atomic mass is 9.83. The van der Waals surface area contributed by atoms with Gasteiger partial charge in [-0.2, -0.15) is 0 Å². The van der Waals surface area contributed by atoms with Crippen molar-refractivity contribution in [2.75, 3.05) is 11.1 Å². The van der Waals surface area contributed by atoms with E-state index < -0.39 is 5.41 Å². The molecule has 2 rings (SSSR count). The van der Waals surface area contributed by atoms with Gasteiger partial charge in [0.25, 0.3) is 0 Å². The molecule has 1 amide bonds. The van der Waals surface area contributed by atoms with Crippen molar-refractivity contribution in [1.82, 2.24) is 0 Å². The van der Waals surface area contributed by atoms with Gasteiger partial charge in [-0.3, -0.25) is 4.79 Å². The molecule has 0 aliphatic carbocycles. The zero-order valence-electron chi connectivity index (χ0n) is 11.5. The molecule has 2 aromatic rings. The molecule has 0 saturated carbocycles. The average Bonchev–Trinajstić information content (AvgIpc) is 2.44. The van der Waals surface area contributed by atoms with Crippen LogP contribution in [0.15, 0.2) is 48.5 Å². The molecule has 4 heteroatoms. The molecular weight excluding hydrogens is 272 g/mol. The van der Waals surface area contributed by atoms with E-state index in [1.54, 1.807) is 18.2 Å². The number of benzene rings is 2. The van der Waals surface area contributed by atoms with Crippen LogP contribution in [0.4, 0.5) is 11.4 Å². The number of nitrogens with one attached hydrogen (secondary N) is 1. The monoisotopic (exact) mass is 288 g/mol. The van der Waals surface area contributed by atoms with E-state index in [1.807, 2.05) is 44.2 Å².